The molecule has 0 radical (unpaired) electrons. The summed E-state index contributed by atoms with van der Waals surface area (Å²) in [6, 6.07) is 6.57. The Kier molecular flexibility index (Phi) is 5.01. The maximum Gasteiger partial charge on any atom is 0.416 e. The van der Waals surface area contributed by atoms with Gasteiger partial charge in [0.1, 0.15) is 0 Å². The van der Waals surface area contributed by atoms with E-state index < -0.39 is 17.8 Å². The smallest absolute Gasteiger partial charge is 0.378 e. The first-order chi connectivity index (χ1) is 14.2. The average molecular weight is 414 g/mol. The highest BCUT2D eigenvalue weighted by atomic mass is 19.4. The van der Waals surface area contributed by atoms with E-state index in [9.17, 15) is 18.0 Å². The van der Waals surface area contributed by atoms with Crippen molar-refractivity contribution in [1.29, 1.82) is 0 Å². The number of aromatic amines is 1. The molecule has 0 fully saturated rings. The van der Waals surface area contributed by atoms with Crippen molar-refractivity contribution in [3.8, 4) is 5.69 Å². The third-order valence-electron chi connectivity index (χ3n) is 5.33. The van der Waals surface area contributed by atoms with E-state index in [1.54, 1.807) is 36.6 Å². The van der Waals surface area contributed by atoms with E-state index in [4.69, 9.17) is 0 Å². The number of nitrogens with zero attached hydrogens (tertiary/aromatic N) is 2. The van der Waals surface area contributed by atoms with Gasteiger partial charge in [0.25, 0.3) is 0 Å². The molecule has 2 aromatic rings. The number of allylic oxidation sites excluding steroid dienone is 2. The predicted octanol–water partition coefficient (Wildman–Crippen LogP) is 4.44. The molecule has 1 aliphatic carbocycles. The van der Waals surface area contributed by atoms with Gasteiger partial charge >= 0.3 is 11.9 Å². The second kappa shape index (κ2) is 7.51. The van der Waals surface area contributed by atoms with Crippen LogP contribution in [-0.4, -0.2) is 28.0 Å². The van der Waals surface area contributed by atoms with Crippen molar-refractivity contribution in [2.45, 2.75) is 32.0 Å². The molecular weight excluding hydrogens is 393 g/mol. The van der Waals surface area contributed by atoms with Gasteiger partial charge in [0.2, 0.25) is 0 Å². The van der Waals surface area contributed by atoms with Crippen molar-refractivity contribution in [2.75, 3.05) is 0 Å². The lowest BCUT2D eigenvalue weighted by atomic mass is 9.92. The van der Waals surface area contributed by atoms with Crippen LogP contribution in [-0.2, 0) is 6.42 Å². The van der Waals surface area contributed by atoms with Gasteiger partial charge in [-0.15, -0.1) is 0 Å². The van der Waals surface area contributed by atoms with Crippen LogP contribution < -0.4 is 11.0 Å². The van der Waals surface area contributed by atoms with E-state index in [0.717, 1.165) is 30.2 Å². The van der Waals surface area contributed by atoms with Gasteiger partial charge in [0, 0.05) is 11.9 Å². The average Bonchev–Trinajstić information content (AvgIpc) is 3.04. The molecule has 2 unspecified atom stereocenters. The number of fused-ring (bicyclic) bond motifs is 1. The molecule has 2 heterocycles. The SMILES string of the molecule is C=C(NC1C=C(C(F)(F)F)C=CC1C)c1ccc(-n2c3c([nH]c2=O)CCC=N3)cc1. The number of benzene rings is 1. The molecule has 2 atom stereocenters. The summed E-state index contributed by atoms with van der Waals surface area (Å²) in [6.07, 6.45) is 2.77. The van der Waals surface area contributed by atoms with Crippen molar-refractivity contribution in [1.82, 2.24) is 14.9 Å². The first-order valence-corrected chi connectivity index (χ1v) is 9.64. The first kappa shape index (κ1) is 20.0. The highest BCUT2D eigenvalue weighted by Gasteiger charge is 2.34. The normalized spacial score (nSPS) is 20.6. The zero-order valence-electron chi connectivity index (χ0n) is 16.3. The topological polar surface area (TPSA) is 62.2 Å². The van der Waals surface area contributed by atoms with Crippen LogP contribution in [0.15, 0.2) is 64.4 Å². The Morgan fingerprint density at radius 2 is 2.03 bits per heavy atom. The Bertz CT molecular complexity index is 1120. The van der Waals surface area contributed by atoms with Gasteiger partial charge in [0.05, 0.1) is 23.0 Å². The molecule has 0 saturated heterocycles. The molecule has 1 aromatic heterocycles. The lowest BCUT2D eigenvalue weighted by molar-refractivity contribution is -0.0888. The second-order valence-electron chi connectivity index (χ2n) is 7.45. The van der Waals surface area contributed by atoms with E-state index in [0.29, 0.717) is 17.2 Å². The van der Waals surface area contributed by atoms with Gasteiger partial charge in [-0.25, -0.2) is 14.4 Å². The van der Waals surface area contributed by atoms with E-state index in [-0.39, 0.29) is 11.6 Å². The number of rotatable bonds is 4. The van der Waals surface area contributed by atoms with Crippen LogP contribution in [0.5, 0.6) is 0 Å². The van der Waals surface area contributed by atoms with E-state index in [1.165, 1.54) is 10.6 Å². The summed E-state index contributed by atoms with van der Waals surface area (Å²) in [7, 11) is 0. The maximum atomic E-state index is 13.0. The van der Waals surface area contributed by atoms with Crippen molar-refractivity contribution >= 4 is 17.7 Å². The molecule has 2 N–H and O–H groups in total. The Morgan fingerprint density at radius 1 is 1.30 bits per heavy atom. The quantitative estimate of drug-likeness (QED) is 0.777. The summed E-state index contributed by atoms with van der Waals surface area (Å²) in [4.78, 5) is 19.5. The number of halogens is 3. The van der Waals surface area contributed by atoms with Crippen LogP contribution in [0, 0.1) is 5.92 Å². The Hall–Kier alpha value is -3.29. The summed E-state index contributed by atoms with van der Waals surface area (Å²) in [5.74, 6) is 0.485. The molecule has 1 aliphatic heterocycles. The number of imidazole rings is 1. The molecule has 1 aromatic carbocycles. The molecule has 156 valence electrons. The number of aryl methyl sites for hydroxylation is 1. The number of aromatic nitrogens is 2. The fourth-order valence-corrected chi connectivity index (χ4v) is 3.62. The van der Waals surface area contributed by atoms with Gasteiger partial charge in [-0.1, -0.05) is 37.8 Å². The molecule has 0 bridgehead atoms. The summed E-state index contributed by atoms with van der Waals surface area (Å²) in [5, 5.41) is 3.08. The number of nitrogens with one attached hydrogen (secondary N) is 2. The highest BCUT2D eigenvalue weighted by Crippen LogP contribution is 2.31. The first-order valence-electron chi connectivity index (χ1n) is 9.64. The highest BCUT2D eigenvalue weighted by molar-refractivity contribution is 5.68. The standard InChI is InChI=1S/C22H21F3N4O/c1-13-5-8-16(22(23,24)25)12-19(13)27-14(2)15-6-9-17(10-7-15)29-20-18(28-21(29)30)4-3-11-26-20/h5-13,19,27H,2-4H2,1H3,(H,28,30). The predicted molar refractivity (Wildman–Crippen MR) is 111 cm³/mol. The Morgan fingerprint density at radius 3 is 2.73 bits per heavy atom. The fourth-order valence-electron chi connectivity index (χ4n) is 3.62. The van der Waals surface area contributed by atoms with E-state index in [1.807, 2.05) is 6.92 Å². The number of hydrogen-bond acceptors (Lipinski definition) is 3. The van der Waals surface area contributed by atoms with Crippen LogP contribution in [0.1, 0.15) is 24.6 Å². The van der Waals surface area contributed by atoms with Crippen LogP contribution in [0.25, 0.3) is 11.4 Å². The van der Waals surface area contributed by atoms with Crippen molar-refractivity contribution in [3.63, 3.8) is 0 Å². The van der Waals surface area contributed by atoms with Gasteiger partial charge in [-0.05, 0) is 42.5 Å². The fraction of sp³-hybridized carbons (Fsp3) is 0.273. The van der Waals surface area contributed by atoms with Crippen LogP contribution in [0.3, 0.4) is 0 Å². The minimum atomic E-state index is -4.38. The second-order valence-corrected chi connectivity index (χ2v) is 7.45. The van der Waals surface area contributed by atoms with Crippen LogP contribution in [0.4, 0.5) is 19.0 Å². The molecular formula is C22H21F3N4O. The number of hydrogen-bond donors (Lipinski definition) is 2. The maximum absolute atomic E-state index is 13.0. The van der Waals surface area contributed by atoms with E-state index in [2.05, 4.69) is 21.9 Å². The molecule has 4 rings (SSSR count). The molecule has 0 spiro atoms. The Labute approximate surface area is 171 Å². The molecule has 30 heavy (non-hydrogen) atoms. The Balaban J connectivity index is 1.54. The van der Waals surface area contributed by atoms with Crippen molar-refractivity contribution < 1.29 is 13.2 Å². The summed E-state index contributed by atoms with van der Waals surface area (Å²) in [5.41, 5.74) is 1.77. The van der Waals surface area contributed by atoms with E-state index >= 15 is 0 Å². The number of alkyl halides is 3. The van der Waals surface area contributed by atoms with Crippen LogP contribution in [0.2, 0.25) is 0 Å². The lowest BCUT2D eigenvalue weighted by Gasteiger charge is -2.27. The minimum absolute atomic E-state index is 0.116. The van der Waals surface area contributed by atoms with Crippen LogP contribution >= 0.6 is 0 Å². The zero-order valence-corrected chi connectivity index (χ0v) is 16.3. The third kappa shape index (κ3) is 3.77. The largest absolute Gasteiger partial charge is 0.416 e. The molecule has 0 amide bonds. The summed E-state index contributed by atoms with van der Waals surface area (Å²) >= 11 is 0. The van der Waals surface area contributed by atoms with Gasteiger partial charge < -0.3 is 10.3 Å². The van der Waals surface area contributed by atoms with Gasteiger partial charge in [0.15, 0.2) is 5.82 Å². The molecule has 5 nitrogen and oxygen atoms in total. The van der Waals surface area contributed by atoms with Crippen molar-refractivity contribution in [3.05, 3.63) is 76.4 Å². The third-order valence-corrected chi connectivity index (χ3v) is 5.33. The minimum Gasteiger partial charge on any atom is -0.378 e. The molecule has 8 heteroatoms. The van der Waals surface area contributed by atoms with Crippen molar-refractivity contribution in [2.24, 2.45) is 10.9 Å². The summed E-state index contributed by atoms with van der Waals surface area (Å²) in [6.45, 7) is 5.82. The zero-order chi connectivity index (χ0) is 21.5. The molecule has 2 aliphatic rings. The number of aliphatic imine (C=N–C) groups is 1. The van der Waals surface area contributed by atoms with Gasteiger partial charge in [-0.2, -0.15) is 13.2 Å². The van der Waals surface area contributed by atoms with Gasteiger partial charge in [-0.3, -0.25) is 0 Å². The number of H-pyrrole nitrogens is 1. The molecule has 0 saturated carbocycles. The lowest BCUT2D eigenvalue weighted by Crippen LogP contribution is -2.34. The summed E-state index contributed by atoms with van der Waals surface area (Å²) < 4.78 is 40.6. The monoisotopic (exact) mass is 414 g/mol.